The molecule has 0 bridgehead atoms. The maximum Gasteiger partial charge on any atom is 0.322 e. The first kappa shape index (κ1) is 20.5. The lowest BCUT2D eigenvalue weighted by Crippen LogP contribution is -2.40. The molecule has 1 aromatic heterocycles. The van der Waals surface area contributed by atoms with Crippen molar-refractivity contribution in [2.75, 3.05) is 5.32 Å². The van der Waals surface area contributed by atoms with Gasteiger partial charge in [-0.3, -0.25) is 10.1 Å². The summed E-state index contributed by atoms with van der Waals surface area (Å²) in [5, 5.41) is 8.14. The Hall–Kier alpha value is -3.75. The number of imidazole rings is 1. The van der Waals surface area contributed by atoms with Crippen molar-refractivity contribution >= 4 is 23.3 Å². The van der Waals surface area contributed by atoms with Crippen LogP contribution in [-0.4, -0.2) is 21.5 Å². The summed E-state index contributed by atoms with van der Waals surface area (Å²) in [5.74, 6) is -3.36. The lowest BCUT2D eigenvalue weighted by molar-refractivity contribution is -0.123. The summed E-state index contributed by atoms with van der Waals surface area (Å²) in [6.07, 6.45) is 3.47. The summed E-state index contributed by atoms with van der Waals surface area (Å²) < 4.78 is 28.8. The minimum atomic E-state index is -2.92. The van der Waals surface area contributed by atoms with Crippen molar-refractivity contribution in [3.63, 3.8) is 0 Å². The van der Waals surface area contributed by atoms with Crippen LogP contribution < -0.4 is 16.0 Å². The quantitative estimate of drug-likeness (QED) is 0.540. The van der Waals surface area contributed by atoms with E-state index in [4.69, 9.17) is 0 Å². The van der Waals surface area contributed by atoms with E-state index in [2.05, 4.69) is 20.9 Å². The molecule has 1 fully saturated rings. The summed E-state index contributed by atoms with van der Waals surface area (Å²) in [6, 6.07) is 10.6. The first-order chi connectivity index (χ1) is 14.6. The minimum absolute atomic E-state index is 0.0748. The molecule has 1 atom stereocenters. The Balaban J connectivity index is 1.74. The molecule has 0 unspecified atom stereocenters. The fourth-order valence-electron chi connectivity index (χ4n) is 3.48. The van der Waals surface area contributed by atoms with E-state index in [0.717, 1.165) is 6.92 Å². The number of amides is 3. The number of aromatic nitrogens is 2. The minimum Gasteiger partial charge on any atom is -0.355 e. The number of nitrogens with zero attached hydrogens (tertiary/aromatic N) is 2. The molecule has 3 N–H and O–H groups in total. The Labute approximate surface area is 177 Å². The second kappa shape index (κ2) is 7.19. The van der Waals surface area contributed by atoms with E-state index in [9.17, 15) is 18.4 Å². The van der Waals surface area contributed by atoms with Crippen LogP contribution in [-0.2, 0) is 23.3 Å². The molecule has 1 saturated heterocycles. The third kappa shape index (κ3) is 3.86. The molecule has 160 valence electrons. The molecular weight excluding hydrogens is 404 g/mol. The van der Waals surface area contributed by atoms with Crippen molar-refractivity contribution < 1.29 is 18.4 Å². The van der Waals surface area contributed by atoms with Crippen molar-refractivity contribution in [1.29, 1.82) is 0 Å². The first-order valence-electron chi connectivity index (χ1n) is 9.58. The van der Waals surface area contributed by atoms with Crippen molar-refractivity contribution in [3.8, 4) is 11.3 Å². The van der Waals surface area contributed by atoms with Gasteiger partial charge < -0.3 is 15.2 Å². The number of benzene rings is 2. The van der Waals surface area contributed by atoms with Gasteiger partial charge in [-0.15, -0.1) is 0 Å². The van der Waals surface area contributed by atoms with Crippen molar-refractivity contribution in [3.05, 3.63) is 66.1 Å². The van der Waals surface area contributed by atoms with Crippen LogP contribution in [0.2, 0.25) is 0 Å². The van der Waals surface area contributed by atoms with Crippen molar-refractivity contribution in [2.45, 2.75) is 25.3 Å². The van der Waals surface area contributed by atoms with Gasteiger partial charge in [0.1, 0.15) is 5.54 Å². The number of rotatable bonds is 5. The predicted octanol–water partition coefficient (Wildman–Crippen LogP) is 4.00. The lowest BCUT2D eigenvalue weighted by atomic mass is 9.90. The highest BCUT2D eigenvalue weighted by Gasteiger charge is 2.43. The number of alkyl halides is 2. The van der Waals surface area contributed by atoms with Crippen LogP contribution in [0.15, 0.2) is 55.0 Å². The van der Waals surface area contributed by atoms with Gasteiger partial charge in [0.2, 0.25) is 0 Å². The smallest absolute Gasteiger partial charge is 0.322 e. The normalized spacial score (nSPS) is 18.6. The highest BCUT2D eigenvalue weighted by molar-refractivity contribution is 6.07. The number of carbonyl (C=O) groups excluding carboxylic acids is 2. The Morgan fingerprint density at radius 2 is 1.84 bits per heavy atom. The molecule has 3 amide bonds. The number of anilines is 2. The fourth-order valence-corrected chi connectivity index (χ4v) is 3.48. The van der Waals surface area contributed by atoms with E-state index < -0.39 is 23.4 Å². The zero-order valence-corrected chi connectivity index (χ0v) is 17.2. The van der Waals surface area contributed by atoms with Crippen LogP contribution in [0.4, 0.5) is 25.0 Å². The van der Waals surface area contributed by atoms with Gasteiger partial charge in [-0.05, 0) is 36.8 Å². The summed E-state index contributed by atoms with van der Waals surface area (Å²) in [6.45, 7) is 2.48. The molecule has 0 spiro atoms. The fraction of sp³-hybridized carbons (Fsp3) is 0.227. The van der Waals surface area contributed by atoms with Gasteiger partial charge >= 0.3 is 6.03 Å². The van der Waals surface area contributed by atoms with Crippen LogP contribution in [0.25, 0.3) is 11.3 Å². The van der Waals surface area contributed by atoms with Gasteiger partial charge in [0.05, 0.1) is 12.0 Å². The van der Waals surface area contributed by atoms with Gasteiger partial charge in [0.25, 0.3) is 11.8 Å². The summed E-state index contributed by atoms with van der Waals surface area (Å²) in [5.41, 5.74) is 1.93. The monoisotopic (exact) mass is 425 g/mol. The molecule has 2 aromatic carbocycles. The largest absolute Gasteiger partial charge is 0.355 e. The van der Waals surface area contributed by atoms with E-state index in [0.29, 0.717) is 28.2 Å². The maximum atomic E-state index is 13.5. The third-order valence-corrected chi connectivity index (χ3v) is 5.29. The number of hydrogen-bond acceptors (Lipinski definition) is 4. The van der Waals surface area contributed by atoms with Crippen molar-refractivity contribution in [1.82, 2.24) is 20.2 Å². The number of urea groups is 1. The van der Waals surface area contributed by atoms with Gasteiger partial charge in [-0.25, -0.2) is 18.6 Å². The van der Waals surface area contributed by atoms with Gasteiger partial charge in [0, 0.05) is 42.7 Å². The molecule has 0 aliphatic carbocycles. The Bertz CT molecular complexity index is 1170. The van der Waals surface area contributed by atoms with E-state index >= 15 is 0 Å². The third-order valence-electron chi connectivity index (χ3n) is 5.29. The predicted molar refractivity (Wildman–Crippen MR) is 112 cm³/mol. The van der Waals surface area contributed by atoms with Crippen LogP contribution in [0.1, 0.15) is 25.0 Å². The second-order valence-corrected chi connectivity index (χ2v) is 7.81. The number of halogens is 2. The topological polar surface area (TPSA) is 88.1 Å². The number of aryl methyl sites for hydroxylation is 1. The van der Waals surface area contributed by atoms with Gasteiger partial charge in [-0.1, -0.05) is 18.2 Å². The molecule has 1 aliphatic rings. The Morgan fingerprint density at radius 3 is 2.39 bits per heavy atom. The maximum absolute atomic E-state index is 13.5. The summed E-state index contributed by atoms with van der Waals surface area (Å²) in [4.78, 5) is 28.4. The average Bonchev–Trinajstić information content (AvgIpc) is 3.24. The molecular formula is C22H21F2N5O2. The van der Waals surface area contributed by atoms with Gasteiger partial charge in [-0.2, -0.15) is 0 Å². The highest BCUT2D eigenvalue weighted by Crippen LogP contribution is 2.35. The number of hydrogen-bond donors (Lipinski definition) is 3. The molecule has 31 heavy (non-hydrogen) atoms. The lowest BCUT2D eigenvalue weighted by Gasteiger charge is -2.23. The SMILES string of the molecule is Cn1cnc(-c2cc([C@@]3(C)NC(=O)NC3=O)ccc2Nc2ccc(C(C)(F)F)cc2)c1. The standard InChI is InChI=1S/C22H21F2N5O2/c1-21(19(30)27-20(31)28-21)14-6-9-17(16(10-14)18-11-29(3)12-25-18)26-15-7-4-13(5-8-15)22(2,23)24/h4-12,26H,1-3H3,(H2,27,28,30,31)/t21-/m1/s1. The molecule has 3 aromatic rings. The zero-order chi connectivity index (χ0) is 22.4. The molecule has 4 rings (SSSR count). The number of carbonyl (C=O) groups is 2. The van der Waals surface area contributed by atoms with E-state index in [1.54, 1.807) is 48.1 Å². The van der Waals surface area contributed by atoms with Crippen LogP contribution in [0, 0.1) is 0 Å². The average molecular weight is 425 g/mol. The summed E-state index contributed by atoms with van der Waals surface area (Å²) in [7, 11) is 1.84. The Kier molecular flexibility index (Phi) is 4.76. The zero-order valence-electron chi connectivity index (χ0n) is 17.2. The molecule has 0 radical (unpaired) electrons. The number of nitrogens with one attached hydrogen (secondary N) is 3. The van der Waals surface area contributed by atoms with E-state index in [-0.39, 0.29) is 5.56 Å². The first-order valence-corrected chi connectivity index (χ1v) is 9.58. The Morgan fingerprint density at radius 1 is 1.13 bits per heavy atom. The molecule has 0 saturated carbocycles. The van der Waals surface area contributed by atoms with E-state index in [1.807, 2.05) is 13.2 Å². The molecule has 2 heterocycles. The molecule has 9 heteroatoms. The van der Waals surface area contributed by atoms with Crippen LogP contribution in [0.5, 0.6) is 0 Å². The molecule has 1 aliphatic heterocycles. The van der Waals surface area contributed by atoms with Crippen LogP contribution >= 0.6 is 0 Å². The van der Waals surface area contributed by atoms with E-state index in [1.165, 1.54) is 12.1 Å². The highest BCUT2D eigenvalue weighted by atomic mass is 19.3. The van der Waals surface area contributed by atoms with Gasteiger partial charge in [0.15, 0.2) is 0 Å². The van der Waals surface area contributed by atoms with Crippen LogP contribution in [0.3, 0.4) is 0 Å². The summed E-state index contributed by atoms with van der Waals surface area (Å²) >= 11 is 0. The van der Waals surface area contributed by atoms with Crippen molar-refractivity contribution in [2.24, 2.45) is 7.05 Å². The molecule has 7 nitrogen and oxygen atoms in total. The second-order valence-electron chi connectivity index (χ2n) is 7.81. The number of imide groups is 1.